The summed E-state index contributed by atoms with van der Waals surface area (Å²) in [5.74, 6) is -0.626. The minimum absolute atomic E-state index is 0.0209. The number of aromatic carboxylic acids is 1. The van der Waals surface area contributed by atoms with E-state index in [2.05, 4.69) is 5.32 Å². The van der Waals surface area contributed by atoms with Crippen molar-refractivity contribution >= 4 is 35.0 Å². The molecule has 1 heterocycles. The van der Waals surface area contributed by atoms with E-state index in [9.17, 15) is 9.59 Å². The van der Waals surface area contributed by atoms with Crippen molar-refractivity contribution in [3.63, 3.8) is 0 Å². The summed E-state index contributed by atoms with van der Waals surface area (Å²) in [4.78, 5) is 23.3. The van der Waals surface area contributed by atoms with Crippen molar-refractivity contribution in [2.24, 2.45) is 0 Å². The monoisotopic (exact) mass is 273 g/mol. The molecule has 0 aromatic carbocycles. The van der Waals surface area contributed by atoms with Crippen LogP contribution in [0.15, 0.2) is 16.3 Å². The number of carbonyl (C=O) groups is 2. The maximum atomic E-state index is 11.5. The van der Waals surface area contributed by atoms with Gasteiger partial charge in [-0.05, 0) is 19.4 Å². The van der Waals surface area contributed by atoms with Crippen molar-refractivity contribution < 1.29 is 14.7 Å². The van der Waals surface area contributed by atoms with E-state index in [1.807, 2.05) is 13.8 Å². The number of thiophene rings is 1. The molecule has 1 rings (SSSR count). The molecule has 94 valence electrons. The molecule has 0 aliphatic rings. The predicted molar refractivity (Wildman–Crippen MR) is 69.9 cm³/mol. The van der Waals surface area contributed by atoms with Gasteiger partial charge in [0.15, 0.2) is 0 Å². The molecule has 1 aromatic heterocycles. The van der Waals surface area contributed by atoms with Crippen molar-refractivity contribution in [2.45, 2.75) is 31.2 Å². The fourth-order valence-electron chi connectivity index (χ4n) is 1.07. The van der Waals surface area contributed by atoms with Gasteiger partial charge in [0.25, 0.3) is 0 Å². The lowest BCUT2D eigenvalue weighted by Crippen LogP contribution is -2.33. The number of carbonyl (C=O) groups excluding carboxylic acids is 1. The van der Waals surface area contributed by atoms with Crippen LogP contribution < -0.4 is 5.32 Å². The largest absolute Gasteiger partial charge is 0.477 e. The van der Waals surface area contributed by atoms with Crippen molar-refractivity contribution in [3.05, 3.63) is 16.3 Å². The molecule has 1 atom stereocenters. The molecule has 1 aromatic rings. The highest BCUT2D eigenvalue weighted by Crippen LogP contribution is 2.24. The summed E-state index contributed by atoms with van der Waals surface area (Å²) in [7, 11) is 0. The lowest BCUT2D eigenvalue weighted by atomic mass is 10.3. The minimum atomic E-state index is -0.925. The molecule has 0 saturated heterocycles. The van der Waals surface area contributed by atoms with Crippen LogP contribution in [0.5, 0.6) is 0 Å². The second-order valence-electron chi connectivity index (χ2n) is 3.62. The maximum Gasteiger partial charge on any atom is 0.345 e. The maximum absolute atomic E-state index is 11.5. The van der Waals surface area contributed by atoms with Crippen molar-refractivity contribution in [1.29, 1.82) is 0 Å². The SMILES string of the molecule is CCC(C)NC(=O)CSc1csc(C(=O)O)c1. The second kappa shape index (κ2) is 6.66. The third kappa shape index (κ3) is 4.79. The average molecular weight is 273 g/mol. The molecule has 17 heavy (non-hydrogen) atoms. The molecule has 0 radical (unpaired) electrons. The van der Waals surface area contributed by atoms with Crippen LogP contribution in [0.4, 0.5) is 0 Å². The van der Waals surface area contributed by atoms with Crippen LogP contribution in [0.25, 0.3) is 0 Å². The quantitative estimate of drug-likeness (QED) is 0.781. The van der Waals surface area contributed by atoms with Gasteiger partial charge in [-0.1, -0.05) is 6.92 Å². The lowest BCUT2D eigenvalue weighted by molar-refractivity contribution is -0.119. The molecule has 0 bridgehead atoms. The Labute approximate surface area is 108 Å². The standard InChI is InChI=1S/C11H15NO3S2/c1-3-7(2)12-10(13)6-16-8-4-9(11(14)15)17-5-8/h4-5,7H,3,6H2,1-2H3,(H,12,13)(H,14,15). The van der Waals surface area contributed by atoms with E-state index >= 15 is 0 Å². The van der Waals surface area contributed by atoms with E-state index in [1.54, 1.807) is 11.4 Å². The molecular weight excluding hydrogens is 258 g/mol. The van der Waals surface area contributed by atoms with Crippen LogP contribution in [0, 0.1) is 0 Å². The summed E-state index contributed by atoms with van der Waals surface area (Å²) in [5.41, 5.74) is 0. The van der Waals surface area contributed by atoms with E-state index in [4.69, 9.17) is 5.11 Å². The topological polar surface area (TPSA) is 66.4 Å². The molecule has 6 heteroatoms. The Balaban J connectivity index is 2.39. The second-order valence-corrected chi connectivity index (χ2v) is 5.58. The van der Waals surface area contributed by atoms with Gasteiger partial charge in [-0.15, -0.1) is 23.1 Å². The Bertz CT molecular complexity index is 403. The summed E-state index contributed by atoms with van der Waals surface area (Å²) in [6, 6.07) is 1.77. The van der Waals surface area contributed by atoms with Gasteiger partial charge in [0.05, 0.1) is 5.75 Å². The van der Waals surface area contributed by atoms with Gasteiger partial charge in [0.1, 0.15) is 4.88 Å². The van der Waals surface area contributed by atoms with Crippen molar-refractivity contribution in [1.82, 2.24) is 5.32 Å². The number of carboxylic acid groups (broad SMARTS) is 1. The number of carboxylic acids is 1. The molecule has 0 fully saturated rings. The molecule has 4 nitrogen and oxygen atoms in total. The number of hydrogen-bond donors (Lipinski definition) is 2. The van der Waals surface area contributed by atoms with Gasteiger partial charge in [0, 0.05) is 16.3 Å². The normalized spacial score (nSPS) is 12.1. The Kier molecular flexibility index (Phi) is 5.50. The molecule has 0 aliphatic heterocycles. The Morgan fingerprint density at radius 2 is 2.29 bits per heavy atom. The van der Waals surface area contributed by atoms with Crippen LogP contribution >= 0.6 is 23.1 Å². The molecule has 2 N–H and O–H groups in total. The zero-order valence-electron chi connectivity index (χ0n) is 9.73. The molecule has 1 unspecified atom stereocenters. The van der Waals surface area contributed by atoms with E-state index in [0.717, 1.165) is 11.3 Å². The summed E-state index contributed by atoms with van der Waals surface area (Å²) < 4.78 is 0. The summed E-state index contributed by atoms with van der Waals surface area (Å²) >= 11 is 2.53. The highest BCUT2D eigenvalue weighted by Gasteiger charge is 2.09. The third-order valence-electron chi connectivity index (χ3n) is 2.18. The number of thioether (sulfide) groups is 1. The number of amides is 1. The van der Waals surface area contributed by atoms with Gasteiger partial charge in [-0.25, -0.2) is 4.79 Å². The fourth-order valence-corrected chi connectivity index (χ4v) is 2.75. The predicted octanol–water partition coefficient (Wildman–Crippen LogP) is 2.45. The van der Waals surface area contributed by atoms with E-state index in [1.165, 1.54) is 23.1 Å². The van der Waals surface area contributed by atoms with Gasteiger partial charge in [0.2, 0.25) is 5.91 Å². The van der Waals surface area contributed by atoms with Crippen molar-refractivity contribution in [2.75, 3.05) is 5.75 Å². The first-order valence-electron chi connectivity index (χ1n) is 5.27. The molecule has 0 spiro atoms. The zero-order chi connectivity index (χ0) is 12.8. The molecule has 1 amide bonds. The van der Waals surface area contributed by atoms with Crippen molar-refractivity contribution in [3.8, 4) is 0 Å². The fraction of sp³-hybridized carbons (Fsp3) is 0.455. The smallest absolute Gasteiger partial charge is 0.345 e. The Morgan fingerprint density at radius 3 is 2.82 bits per heavy atom. The van der Waals surface area contributed by atoms with Crippen LogP contribution in [-0.2, 0) is 4.79 Å². The Morgan fingerprint density at radius 1 is 1.59 bits per heavy atom. The highest BCUT2D eigenvalue weighted by atomic mass is 32.2. The first-order valence-corrected chi connectivity index (χ1v) is 7.13. The van der Waals surface area contributed by atoms with Gasteiger partial charge in [-0.2, -0.15) is 0 Å². The number of nitrogens with one attached hydrogen (secondary N) is 1. The first kappa shape index (κ1) is 14.1. The van der Waals surface area contributed by atoms with Crippen LogP contribution in [0.1, 0.15) is 29.9 Å². The summed E-state index contributed by atoms with van der Waals surface area (Å²) in [6.45, 7) is 3.96. The highest BCUT2D eigenvalue weighted by molar-refractivity contribution is 8.00. The van der Waals surface area contributed by atoms with Crippen LogP contribution in [0.2, 0.25) is 0 Å². The minimum Gasteiger partial charge on any atom is -0.477 e. The van der Waals surface area contributed by atoms with Crippen LogP contribution in [0.3, 0.4) is 0 Å². The summed E-state index contributed by atoms with van der Waals surface area (Å²) in [6.07, 6.45) is 0.901. The van der Waals surface area contributed by atoms with Gasteiger partial charge < -0.3 is 10.4 Å². The molecule has 0 aliphatic carbocycles. The number of hydrogen-bond acceptors (Lipinski definition) is 4. The Hall–Kier alpha value is -1.01. The third-order valence-corrected chi connectivity index (χ3v) is 4.22. The van der Waals surface area contributed by atoms with Gasteiger partial charge >= 0.3 is 5.97 Å². The van der Waals surface area contributed by atoms with Gasteiger partial charge in [-0.3, -0.25) is 4.79 Å². The lowest BCUT2D eigenvalue weighted by Gasteiger charge is -2.10. The zero-order valence-corrected chi connectivity index (χ0v) is 11.4. The molecule has 0 saturated carbocycles. The van der Waals surface area contributed by atoms with E-state index in [-0.39, 0.29) is 11.9 Å². The molecular formula is C11H15NO3S2. The summed E-state index contributed by atoms with van der Waals surface area (Å²) in [5, 5.41) is 13.4. The van der Waals surface area contributed by atoms with E-state index in [0.29, 0.717) is 10.6 Å². The first-order chi connectivity index (χ1) is 8.02. The average Bonchev–Trinajstić information content (AvgIpc) is 2.75. The van der Waals surface area contributed by atoms with E-state index < -0.39 is 5.97 Å². The van der Waals surface area contributed by atoms with Crippen LogP contribution in [-0.4, -0.2) is 28.8 Å². The number of rotatable bonds is 6.